The van der Waals surface area contributed by atoms with E-state index in [1.54, 1.807) is 0 Å². The van der Waals surface area contributed by atoms with Gasteiger partial charge in [0.15, 0.2) is 9.84 Å². The molecule has 3 rings (SSSR count). The molecule has 1 atom stereocenters. The lowest BCUT2D eigenvalue weighted by molar-refractivity contribution is 0.490. The van der Waals surface area contributed by atoms with Crippen LogP contribution in [0.15, 0.2) is 23.1 Å². The van der Waals surface area contributed by atoms with E-state index in [0.717, 1.165) is 18.4 Å². The summed E-state index contributed by atoms with van der Waals surface area (Å²) in [5.41, 5.74) is 2.23. The van der Waals surface area contributed by atoms with Crippen LogP contribution in [0.1, 0.15) is 62.6 Å². The lowest BCUT2D eigenvalue weighted by Gasteiger charge is -2.20. The van der Waals surface area contributed by atoms with Gasteiger partial charge in [-0.2, -0.15) is 0 Å². The topological polar surface area (TPSA) is 46.2 Å². The summed E-state index contributed by atoms with van der Waals surface area (Å²) in [7, 11) is -3.11. The minimum atomic E-state index is -3.11. The molecule has 0 bridgehead atoms. The van der Waals surface area contributed by atoms with E-state index in [4.69, 9.17) is 0 Å². The van der Waals surface area contributed by atoms with E-state index in [9.17, 15) is 8.42 Å². The van der Waals surface area contributed by atoms with Gasteiger partial charge < -0.3 is 5.32 Å². The Kier molecular flexibility index (Phi) is 3.63. The maximum Gasteiger partial charge on any atom is 0.178 e. The minimum Gasteiger partial charge on any atom is -0.307 e. The second-order valence-electron chi connectivity index (χ2n) is 6.41. The molecule has 1 unspecified atom stereocenters. The molecular weight excluding hydrogens is 270 g/mol. The van der Waals surface area contributed by atoms with Crippen molar-refractivity contribution in [2.24, 2.45) is 0 Å². The molecule has 1 aliphatic carbocycles. The van der Waals surface area contributed by atoms with Crippen LogP contribution < -0.4 is 5.32 Å². The second kappa shape index (κ2) is 5.15. The van der Waals surface area contributed by atoms with E-state index < -0.39 is 9.84 Å². The van der Waals surface area contributed by atoms with Crippen LogP contribution in [0.3, 0.4) is 0 Å². The molecule has 1 N–H and O–H groups in total. The van der Waals surface area contributed by atoms with Gasteiger partial charge in [0.1, 0.15) is 0 Å². The summed E-state index contributed by atoms with van der Waals surface area (Å²) in [6, 6.07) is 6.71. The Hall–Kier alpha value is -0.870. The fraction of sp³-hybridized carbons (Fsp3) is 0.625. The number of fused-ring (bicyclic) bond motifs is 1. The third-order valence-electron chi connectivity index (χ3n) is 4.33. The molecule has 4 heteroatoms. The number of hydrogen-bond donors (Lipinski definition) is 1. The maximum absolute atomic E-state index is 12.4. The Morgan fingerprint density at radius 1 is 1.20 bits per heavy atom. The number of sulfone groups is 1. The SMILES string of the molecule is CC(C)c1ccc2c(c1)C(NC1CC1)CCCS2(=O)=O. The summed E-state index contributed by atoms with van der Waals surface area (Å²) < 4.78 is 24.8. The first kappa shape index (κ1) is 14.1. The molecule has 0 saturated heterocycles. The van der Waals surface area contributed by atoms with Crippen LogP contribution in [0.4, 0.5) is 0 Å². The third-order valence-corrected chi connectivity index (χ3v) is 6.20. The average Bonchev–Trinajstić information content (AvgIpc) is 3.20. The van der Waals surface area contributed by atoms with Crippen molar-refractivity contribution in [2.75, 3.05) is 5.75 Å². The van der Waals surface area contributed by atoms with Crippen molar-refractivity contribution in [1.29, 1.82) is 0 Å². The molecule has 2 aliphatic rings. The number of rotatable bonds is 3. The Balaban J connectivity index is 2.06. The van der Waals surface area contributed by atoms with E-state index in [2.05, 4.69) is 25.2 Å². The van der Waals surface area contributed by atoms with Gasteiger partial charge >= 0.3 is 0 Å². The molecule has 0 amide bonds. The van der Waals surface area contributed by atoms with Crippen molar-refractivity contribution in [3.05, 3.63) is 29.3 Å². The molecule has 0 radical (unpaired) electrons. The minimum absolute atomic E-state index is 0.202. The van der Waals surface area contributed by atoms with Gasteiger partial charge in [-0.15, -0.1) is 0 Å². The molecule has 1 fully saturated rings. The molecule has 0 spiro atoms. The molecule has 20 heavy (non-hydrogen) atoms. The Morgan fingerprint density at radius 2 is 1.95 bits per heavy atom. The highest BCUT2D eigenvalue weighted by molar-refractivity contribution is 7.91. The molecule has 1 saturated carbocycles. The molecule has 1 aromatic rings. The predicted molar refractivity (Wildman–Crippen MR) is 80.7 cm³/mol. The standard InChI is InChI=1S/C16H23NO2S/c1-11(2)12-5-8-16-14(10-12)15(17-13-6-7-13)4-3-9-20(16,18)19/h5,8,10-11,13,15,17H,3-4,6-7,9H2,1-2H3. The van der Waals surface area contributed by atoms with Crippen molar-refractivity contribution < 1.29 is 8.42 Å². The van der Waals surface area contributed by atoms with Crippen LogP contribution in [0, 0.1) is 0 Å². The quantitative estimate of drug-likeness (QED) is 0.931. The predicted octanol–water partition coefficient (Wildman–Crippen LogP) is 3.17. The monoisotopic (exact) mass is 293 g/mol. The van der Waals surface area contributed by atoms with Gasteiger partial charge in [0.05, 0.1) is 10.6 Å². The normalized spacial score (nSPS) is 25.2. The highest BCUT2D eigenvalue weighted by Crippen LogP contribution is 2.35. The van der Waals surface area contributed by atoms with Crippen molar-refractivity contribution in [3.8, 4) is 0 Å². The zero-order valence-electron chi connectivity index (χ0n) is 12.2. The summed E-state index contributed by atoms with van der Waals surface area (Å²) in [5, 5.41) is 3.63. The summed E-state index contributed by atoms with van der Waals surface area (Å²) in [6.45, 7) is 4.30. The fourth-order valence-electron chi connectivity index (χ4n) is 2.93. The van der Waals surface area contributed by atoms with Crippen molar-refractivity contribution in [2.45, 2.75) is 62.4 Å². The van der Waals surface area contributed by atoms with Crippen LogP contribution in [0.25, 0.3) is 0 Å². The zero-order chi connectivity index (χ0) is 14.3. The maximum atomic E-state index is 12.4. The summed E-state index contributed by atoms with van der Waals surface area (Å²) in [4.78, 5) is 0.553. The van der Waals surface area contributed by atoms with Crippen molar-refractivity contribution >= 4 is 9.84 Å². The Bertz CT molecular complexity index is 603. The highest BCUT2D eigenvalue weighted by atomic mass is 32.2. The molecule has 1 aromatic carbocycles. The van der Waals surface area contributed by atoms with E-state index in [1.807, 2.05) is 12.1 Å². The van der Waals surface area contributed by atoms with Crippen LogP contribution in [-0.2, 0) is 9.84 Å². The molecule has 3 nitrogen and oxygen atoms in total. The van der Waals surface area contributed by atoms with E-state index >= 15 is 0 Å². The smallest absolute Gasteiger partial charge is 0.178 e. The van der Waals surface area contributed by atoms with Gasteiger partial charge in [-0.3, -0.25) is 0 Å². The molecule has 0 aromatic heterocycles. The number of benzene rings is 1. The van der Waals surface area contributed by atoms with Gasteiger partial charge in [-0.05, 0) is 48.8 Å². The Labute approximate surface area is 121 Å². The molecular formula is C16H23NO2S. The van der Waals surface area contributed by atoms with Crippen LogP contribution in [-0.4, -0.2) is 20.2 Å². The van der Waals surface area contributed by atoms with Gasteiger partial charge in [0.2, 0.25) is 0 Å². The van der Waals surface area contributed by atoms with E-state index in [-0.39, 0.29) is 11.8 Å². The Morgan fingerprint density at radius 3 is 2.60 bits per heavy atom. The summed E-state index contributed by atoms with van der Waals surface area (Å²) in [6.07, 6.45) is 4.12. The van der Waals surface area contributed by atoms with Gasteiger partial charge in [0, 0.05) is 12.1 Å². The molecule has 1 heterocycles. The average molecular weight is 293 g/mol. The van der Waals surface area contributed by atoms with Gasteiger partial charge in [0.25, 0.3) is 0 Å². The number of hydrogen-bond acceptors (Lipinski definition) is 3. The summed E-state index contributed by atoms with van der Waals surface area (Å²) in [5.74, 6) is 0.706. The lowest BCUT2D eigenvalue weighted by Crippen LogP contribution is -2.24. The van der Waals surface area contributed by atoms with Crippen LogP contribution in [0.2, 0.25) is 0 Å². The van der Waals surface area contributed by atoms with E-state index in [1.165, 1.54) is 18.4 Å². The first-order chi connectivity index (χ1) is 9.47. The van der Waals surface area contributed by atoms with Crippen molar-refractivity contribution in [1.82, 2.24) is 5.32 Å². The lowest BCUT2D eigenvalue weighted by atomic mass is 9.95. The van der Waals surface area contributed by atoms with E-state index in [0.29, 0.717) is 16.9 Å². The second-order valence-corrected chi connectivity index (χ2v) is 8.48. The summed E-state index contributed by atoms with van der Waals surface area (Å²) >= 11 is 0. The number of nitrogens with one attached hydrogen (secondary N) is 1. The van der Waals surface area contributed by atoms with Crippen LogP contribution >= 0.6 is 0 Å². The first-order valence-electron chi connectivity index (χ1n) is 7.60. The zero-order valence-corrected chi connectivity index (χ0v) is 13.0. The first-order valence-corrected chi connectivity index (χ1v) is 9.25. The highest BCUT2D eigenvalue weighted by Gasteiger charge is 2.31. The van der Waals surface area contributed by atoms with Crippen LogP contribution in [0.5, 0.6) is 0 Å². The third kappa shape index (κ3) is 2.77. The van der Waals surface area contributed by atoms with Gasteiger partial charge in [-0.1, -0.05) is 26.0 Å². The largest absolute Gasteiger partial charge is 0.307 e. The van der Waals surface area contributed by atoms with Gasteiger partial charge in [-0.25, -0.2) is 8.42 Å². The molecule has 110 valence electrons. The van der Waals surface area contributed by atoms with Crippen molar-refractivity contribution in [3.63, 3.8) is 0 Å². The molecule has 1 aliphatic heterocycles. The fourth-order valence-corrected chi connectivity index (χ4v) is 4.53.